The summed E-state index contributed by atoms with van der Waals surface area (Å²) in [7, 11) is 0. The number of benzene rings is 1. The summed E-state index contributed by atoms with van der Waals surface area (Å²) in [5, 5.41) is 5.91. The van der Waals surface area contributed by atoms with Gasteiger partial charge in [-0.1, -0.05) is 30.8 Å². The zero-order valence-electron chi connectivity index (χ0n) is 8.34. The number of rotatable bonds is 0. The predicted molar refractivity (Wildman–Crippen MR) is 57.0 cm³/mol. The van der Waals surface area contributed by atoms with Gasteiger partial charge in [-0.2, -0.15) is 0 Å². The van der Waals surface area contributed by atoms with Gasteiger partial charge in [-0.15, -0.1) is 0 Å². The summed E-state index contributed by atoms with van der Waals surface area (Å²) < 4.78 is 0. The molecule has 0 bridgehead atoms. The van der Waals surface area contributed by atoms with E-state index in [4.69, 9.17) is 0 Å². The first-order valence-electron chi connectivity index (χ1n) is 5.05. The van der Waals surface area contributed by atoms with Gasteiger partial charge in [-0.25, -0.2) is 0 Å². The molecule has 0 saturated carbocycles. The van der Waals surface area contributed by atoms with Gasteiger partial charge in [0.2, 0.25) is 0 Å². The molecule has 1 aromatic rings. The Labute approximate surface area is 88.2 Å². The molecule has 0 unspecified atom stereocenters. The Morgan fingerprint density at radius 2 is 1.80 bits per heavy atom. The summed E-state index contributed by atoms with van der Waals surface area (Å²) in [6.45, 7) is 3.74. The topological polar surface area (TPSA) is 41.1 Å². The van der Waals surface area contributed by atoms with Crippen LogP contribution < -0.4 is 10.6 Å². The Kier molecular flexibility index (Phi) is 1.49. The van der Waals surface area contributed by atoms with Crippen molar-refractivity contribution in [2.75, 3.05) is 0 Å². The molecular formula is C12H12N2O. The Morgan fingerprint density at radius 3 is 2.27 bits per heavy atom. The van der Waals surface area contributed by atoms with E-state index in [1.54, 1.807) is 0 Å². The second kappa shape index (κ2) is 2.63. The third kappa shape index (κ3) is 1.09. The maximum atomic E-state index is 11.8. The summed E-state index contributed by atoms with van der Waals surface area (Å²) in [5.41, 5.74) is 2.05. The predicted octanol–water partition coefficient (Wildman–Crippen LogP) is 0.715. The van der Waals surface area contributed by atoms with Gasteiger partial charge >= 0.3 is 0 Å². The molecule has 3 rings (SSSR count). The van der Waals surface area contributed by atoms with Gasteiger partial charge in [0.1, 0.15) is 5.54 Å². The van der Waals surface area contributed by atoms with Crippen LogP contribution in [0.2, 0.25) is 0 Å². The van der Waals surface area contributed by atoms with Gasteiger partial charge in [-0.3, -0.25) is 4.79 Å². The van der Waals surface area contributed by atoms with Crippen LogP contribution >= 0.6 is 0 Å². The summed E-state index contributed by atoms with van der Waals surface area (Å²) in [6.07, 6.45) is 1.52. The molecule has 15 heavy (non-hydrogen) atoms. The summed E-state index contributed by atoms with van der Waals surface area (Å²) in [6, 6.07) is 8.19. The summed E-state index contributed by atoms with van der Waals surface area (Å²) in [4.78, 5) is 11.8. The number of carbonyl (C=O) groups is 1. The van der Waals surface area contributed by atoms with Gasteiger partial charge < -0.3 is 10.6 Å². The van der Waals surface area contributed by atoms with Crippen molar-refractivity contribution in [2.24, 2.45) is 0 Å². The first kappa shape index (κ1) is 8.53. The van der Waals surface area contributed by atoms with E-state index in [2.05, 4.69) is 29.3 Å². The van der Waals surface area contributed by atoms with Gasteiger partial charge in [0.05, 0.1) is 5.82 Å². The first-order valence-corrected chi connectivity index (χ1v) is 5.05. The van der Waals surface area contributed by atoms with Crippen molar-refractivity contribution >= 4 is 5.91 Å². The van der Waals surface area contributed by atoms with E-state index in [1.807, 2.05) is 12.1 Å². The van der Waals surface area contributed by atoms with Crippen molar-refractivity contribution in [1.29, 1.82) is 0 Å². The van der Waals surface area contributed by atoms with Crippen molar-refractivity contribution < 1.29 is 4.79 Å². The second-order valence-corrected chi connectivity index (χ2v) is 4.26. The van der Waals surface area contributed by atoms with E-state index in [1.165, 1.54) is 11.1 Å². The average molecular weight is 200 g/mol. The maximum Gasteiger partial charge on any atom is 0.251 e. The number of hydrogen-bond acceptors (Lipinski definition) is 2. The average Bonchev–Trinajstić information content (AvgIpc) is 2.67. The van der Waals surface area contributed by atoms with Crippen LogP contribution in [0.1, 0.15) is 11.1 Å². The highest BCUT2D eigenvalue weighted by atomic mass is 16.2. The smallest absolute Gasteiger partial charge is 0.251 e. The molecule has 1 heterocycles. The van der Waals surface area contributed by atoms with Gasteiger partial charge in [0.15, 0.2) is 0 Å². The lowest BCUT2D eigenvalue weighted by atomic mass is 9.96. The van der Waals surface area contributed by atoms with Crippen LogP contribution in [0.3, 0.4) is 0 Å². The van der Waals surface area contributed by atoms with Crippen LogP contribution in [0.4, 0.5) is 0 Å². The van der Waals surface area contributed by atoms with E-state index < -0.39 is 5.54 Å². The molecular weight excluding hydrogens is 188 g/mol. The van der Waals surface area contributed by atoms with Crippen LogP contribution in [0, 0.1) is 0 Å². The van der Waals surface area contributed by atoms with Gasteiger partial charge in [0, 0.05) is 12.8 Å². The molecule has 0 atom stereocenters. The van der Waals surface area contributed by atoms with E-state index in [-0.39, 0.29) is 5.91 Å². The molecule has 2 aliphatic rings. The number of hydrogen-bond donors (Lipinski definition) is 2. The number of fused-ring (bicyclic) bond motifs is 1. The summed E-state index contributed by atoms with van der Waals surface area (Å²) in [5.74, 6) is 0.663. The van der Waals surface area contributed by atoms with Gasteiger partial charge in [0.25, 0.3) is 5.91 Å². The Morgan fingerprint density at radius 1 is 1.20 bits per heavy atom. The Bertz CT molecular complexity index is 439. The zero-order chi connectivity index (χ0) is 10.5. The van der Waals surface area contributed by atoms with Crippen molar-refractivity contribution in [3.63, 3.8) is 0 Å². The minimum Gasteiger partial charge on any atom is -0.357 e. The number of carbonyl (C=O) groups excluding carboxylic acids is 1. The van der Waals surface area contributed by atoms with E-state index in [0.717, 1.165) is 12.8 Å². The normalized spacial score (nSPS) is 21.3. The molecule has 1 saturated heterocycles. The minimum atomic E-state index is -0.471. The van der Waals surface area contributed by atoms with Crippen LogP contribution in [0.25, 0.3) is 0 Å². The molecule has 2 N–H and O–H groups in total. The Balaban J connectivity index is 2.01. The van der Waals surface area contributed by atoms with Crippen LogP contribution in [0.5, 0.6) is 0 Å². The maximum absolute atomic E-state index is 11.8. The molecule has 1 fully saturated rings. The molecule has 3 nitrogen and oxygen atoms in total. The monoisotopic (exact) mass is 200 g/mol. The lowest BCUT2D eigenvalue weighted by Gasteiger charge is -2.19. The highest BCUT2D eigenvalue weighted by Gasteiger charge is 2.47. The molecule has 0 aromatic heterocycles. The lowest BCUT2D eigenvalue weighted by molar-refractivity contribution is -0.123. The van der Waals surface area contributed by atoms with Crippen LogP contribution in [-0.4, -0.2) is 11.4 Å². The largest absolute Gasteiger partial charge is 0.357 e. The molecule has 1 amide bonds. The van der Waals surface area contributed by atoms with E-state index >= 15 is 0 Å². The fourth-order valence-corrected chi connectivity index (χ4v) is 2.50. The molecule has 3 heteroatoms. The van der Waals surface area contributed by atoms with Crippen LogP contribution in [0.15, 0.2) is 36.7 Å². The molecule has 1 spiro atoms. The quantitative estimate of drug-likeness (QED) is 0.647. The van der Waals surface area contributed by atoms with Crippen molar-refractivity contribution in [2.45, 2.75) is 18.4 Å². The highest BCUT2D eigenvalue weighted by Crippen LogP contribution is 2.32. The fourth-order valence-electron chi connectivity index (χ4n) is 2.50. The molecule has 1 aliphatic carbocycles. The van der Waals surface area contributed by atoms with Crippen molar-refractivity contribution in [3.8, 4) is 0 Å². The number of nitrogens with one attached hydrogen (secondary N) is 2. The summed E-state index contributed by atoms with van der Waals surface area (Å²) >= 11 is 0. The van der Waals surface area contributed by atoms with E-state index in [9.17, 15) is 4.79 Å². The number of amides is 1. The third-order valence-electron chi connectivity index (χ3n) is 3.19. The SMILES string of the molecule is C=C1NC(=O)C2(Cc3ccccc3C2)N1. The van der Waals surface area contributed by atoms with Gasteiger partial charge in [-0.05, 0) is 11.1 Å². The van der Waals surface area contributed by atoms with Crippen LogP contribution in [-0.2, 0) is 17.6 Å². The minimum absolute atomic E-state index is 0.0451. The molecule has 1 aliphatic heterocycles. The zero-order valence-corrected chi connectivity index (χ0v) is 8.34. The molecule has 76 valence electrons. The van der Waals surface area contributed by atoms with Crippen molar-refractivity contribution in [1.82, 2.24) is 10.6 Å². The molecule has 1 aromatic carbocycles. The van der Waals surface area contributed by atoms with Crippen molar-refractivity contribution in [3.05, 3.63) is 47.8 Å². The fraction of sp³-hybridized carbons (Fsp3) is 0.250. The molecule has 0 radical (unpaired) electrons. The second-order valence-electron chi connectivity index (χ2n) is 4.26. The van der Waals surface area contributed by atoms with E-state index in [0.29, 0.717) is 5.82 Å². The highest BCUT2D eigenvalue weighted by molar-refractivity contribution is 5.92. The first-order chi connectivity index (χ1) is 7.20. The lowest BCUT2D eigenvalue weighted by Crippen LogP contribution is -2.47. The standard InChI is InChI=1S/C12H12N2O/c1-8-13-11(15)12(14-8)6-9-4-2-3-5-10(9)7-12/h2-5,14H,1,6-7H2,(H,13,15). The Hall–Kier alpha value is -1.77. The third-order valence-corrected chi connectivity index (χ3v) is 3.19.